The molecule has 1 rings (SSSR count). The molecular weight excluding hydrogens is 214 g/mol. The molecule has 0 amide bonds. The molecule has 1 aliphatic heterocycles. The normalized spacial score (nSPS) is 23.4. The molecule has 0 radical (unpaired) electrons. The molecule has 0 aromatic carbocycles. The number of piperidine rings is 1. The molecule has 1 aliphatic rings. The SMILES string of the molecule is C=C(CN1CCCCC1CCC)[B-](F)(F)F. The Morgan fingerprint density at radius 3 is 2.62 bits per heavy atom. The van der Waals surface area contributed by atoms with Crippen LogP contribution in [0.4, 0.5) is 12.9 Å². The maximum absolute atomic E-state index is 12.5. The van der Waals surface area contributed by atoms with E-state index in [1.54, 1.807) is 0 Å². The third-order valence-electron chi connectivity index (χ3n) is 3.24. The van der Waals surface area contributed by atoms with Crippen molar-refractivity contribution in [3.05, 3.63) is 12.1 Å². The predicted octanol–water partition coefficient (Wildman–Crippen LogP) is 3.58. The molecule has 0 spiro atoms. The third-order valence-corrected chi connectivity index (χ3v) is 3.24. The first-order chi connectivity index (χ1) is 7.45. The second-order valence-electron chi connectivity index (χ2n) is 4.64. The Bertz CT molecular complexity index is 238. The molecule has 0 aromatic heterocycles. The fraction of sp³-hybridized carbons (Fsp3) is 0.818. The summed E-state index contributed by atoms with van der Waals surface area (Å²) in [5.41, 5.74) is -0.553. The van der Waals surface area contributed by atoms with Gasteiger partial charge in [0.05, 0.1) is 0 Å². The first kappa shape index (κ1) is 13.6. The van der Waals surface area contributed by atoms with E-state index >= 15 is 0 Å². The maximum atomic E-state index is 12.5. The van der Waals surface area contributed by atoms with E-state index in [1.165, 1.54) is 0 Å². The van der Waals surface area contributed by atoms with Gasteiger partial charge in [0.15, 0.2) is 0 Å². The number of hydrogen-bond acceptors (Lipinski definition) is 1. The molecule has 1 fully saturated rings. The van der Waals surface area contributed by atoms with Crippen LogP contribution in [0.2, 0.25) is 0 Å². The van der Waals surface area contributed by atoms with Crippen LogP contribution in [-0.2, 0) is 0 Å². The van der Waals surface area contributed by atoms with Crippen LogP contribution in [0.15, 0.2) is 12.1 Å². The van der Waals surface area contributed by atoms with Gasteiger partial charge in [0.25, 0.3) is 0 Å². The number of likely N-dealkylation sites (tertiary alicyclic amines) is 1. The highest BCUT2D eigenvalue weighted by molar-refractivity contribution is 6.66. The van der Waals surface area contributed by atoms with Crippen molar-refractivity contribution in [2.45, 2.75) is 45.1 Å². The van der Waals surface area contributed by atoms with E-state index in [4.69, 9.17) is 0 Å². The molecule has 1 unspecified atom stereocenters. The fourth-order valence-electron chi connectivity index (χ4n) is 2.29. The van der Waals surface area contributed by atoms with Crippen molar-refractivity contribution in [2.24, 2.45) is 0 Å². The van der Waals surface area contributed by atoms with E-state index in [2.05, 4.69) is 13.5 Å². The summed E-state index contributed by atoms with van der Waals surface area (Å²) in [4.78, 5) is 1.96. The lowest BCUT2D eigenvalue weighted by atomic mass is 9.79. The molecule has 0 N–H and O–H groups in total. The molecule has 1 atom stereocenters. The zero-order valence-electron chi connectivity index (χ0n) is 9.89. The number of hydrogen-bond donors (Lipinski definition) is 0. The summed E-state index contributed by atoms with van der Waals surface area (Å²) >= 11 is 0. The Balaban J connectivity index is 2.52. The van der Waals surface area contributed by atoms with Gasteiger partial charge in [-0.3, -0.25) is 4.90 Å². The van der Waals surface area contributed by atoms with Crippen LogP contribution in [-0.4, -0.2) is 31.0 Å². The summed E-state index contributed by atoms with van der Waals surface area (Å²) in [6.45, 7) is 1.18. The van der Waals surface area contributed by atoms with Crippen LogP contribution in [0, 0.1) is 0 Å². The predicted molar refractivity (Wildman–Crippen MR) is 62.3 cm³/mol. The first-order valence-electron chi connectivity index (χ1n) is 6.06. The van der Waals surface area contributed by atoms with Crippen molar-refractivity contribution in [1.82, 2.24) is 4.90 Å². The van der Waals surface area contributed by atoms with Crippen LogP contribution < -0.4 is 0 Å². The summed E-state index contributed by atoms with van der Waals surface area (Å²) in [6, 6.07) is 0.327. The van der Waals surface area contributed by atoms with Gasteiger partial charge in [0.1, 0.15) is 0 Å². The lowest BCUT2D eigenvalue weighted by Crippen LogP contribution is -2.42. The second kappa shape index (κ2) is 5.76. The molecule has 0 bridgehead atoms. The highest BCUT2D eigenvalue weighted by Gasteiger charge is 2.30. The lowest BCUT2D eigenvalue weighted by Gasteiger charge is -2.37. The average Bonchev–Trinajstić information content (AvgIpc) is 2.20. The highest BCUT2D eigenvalue weighted by Crippen LogP contribution is 2.25. The largest absolute Gasteiger partial charge is 0.506 e. The van der Waals surface area contributed by atoms with Gasteiger partial charge in [0, 0.05) is 6.04 Å². The van der Waals surface area contributed by atoms with Gasteiger partial charge >= 0.3 is 6.98 Å². The lowest BCUT2D eigenvalue weighted by molar-refractivity contribution is 0.152. The van der Waals surface area contributed by atoms with E-state index in [-0.39, 0.29) is 6.54 Å². The van der Waals surface area contributed by atoms with Gasteiger partial charge in [-0.05, 0) is 32.4 Å². The minimum absolute atomic E-state index is 0.00810. The molecule has 1 heterocycles. The zero-order chi connectivity index (χ0) is 12.2. The molecule has 0 aliphatic carbocycles. The average molecular weight is 234 g/mol. The number of rotatable bonds is 5. The fourth-order valence-corrected chi connectivity index (χ4v) is 2.29. The molecule has 16 heavy (non-hydrogen) atoms. The van der Waals surface area contributed by atoms with Crippen LogP contribution in [0.5, 0.6) is 0 Å². The molecule has 0 aromatic rings. The number of nitrogens with zero attached hydrogens (tertiary/aromatic N) is 1. The quantitative estimate of drug-likeness (QED) is 0.657. The molecule has 1 nitrogen and oxygen atoms in total. The Hall–Kier alpha value is -0.445. The standard InChI is InChI=1S/C11H20BF3N/c1-3-6-11-7-4-5-8-16(11)9-10(2)12(13,14)15/h11H,2-9H2,1H3/q-1. The molecular formula is C11H20BF3N-. The maximum Gasteiger partial charge on any atom is 0.506 e. The second-order valence-corrected chi connectivity index (χ2v) is 4.64. The van der Waals surface area contributed by atoms with Crippen LogP contribution in [0.1, 0.15) is 39.0 Å². The van der Waals surface area contributed by atoms with Crippen molar-refractivity contribution in [2.75, 3.05) is 13.1 Å². The summed E-state index contributed by atoms with van der Waals surface area (Å²) in [7, 11) is 0. The van der Waals surface area contributed by atoms with E-state index in [1.807, 2.05) is 4.90 Å². The molecule has 0 saturated carbocycles. The molecule has 5 heteroatoms. The Morgan fingerprint density at radius 1 is 1.38 bits per heavy atom. The Labute approximate surface area is 95.8 Å². The van der Waals surface area contributed by atoms with Gasteiger partial charge in [-0.25, -0.2) is 0 Å². The van der Waals surface area contributed by atoms with Gasteiger partial charge < -0.3 is 12.9 Å². The minimum atomic E-state index is -4.87. The third kappa shape index (κ3) is 3.85. The van der Waals surface area contributed by atoms with Crippen molar-refractivity contribution in [3.63, 3.8) is 0 Å². The van der Waals surface area contributed by atoms with Crippen molar-refractivity contribution >= 4 is 6.98 Å². The summed E-state index contributed by atoms with van der Waals surface area (Å²) in [5.74, 6) is 0. The topological polar surface area (TPSA) is 3.24 Å². The van der Waals surface area contributed by atoms with E-state index < -0.39 is 12.4 Å². The summed E-state index contributed by atoms with van der Waals surface area (Å²) < 4.78 is 37.4. The van der Waals surface area contributed by atoms with Gasteiger partial charge in [0.2, 0.25) is 0 Å². The number of halogens is 3. The van der Waals surface area contributed by atoms with Crippen LogP contribution in [0.25, 0.3) is 0 Å². The Kier molecular flexibility index (Phi) is 4.90. The monoisotopic (exact) mass is 234 g/mol. The van der Waals surface area contributed by atoms with E-state index in [0.29, 0.717) is 6.04 Å². The Morgan fingerprint density at radius 2 is 2.06 bits per heavy atom. The first-order valence-corrected chi connectivity index (χ1v) is 6.06. The van der Waals surface area contributed by atoms with Crippen LogP contribution >= 0.6 is 0 Å². The smallest absolute Gasteiger partial charge is 0.445 e. The summed E-state index contributed by atoms with van der Waals surface area (Å²) in [5, 5.41) is 0. The van der Waals surface area contributed by atoms with Gasteiger partial charge in [-0.1, -0.05) is 19.8 Å². The van der Waals surface area contributed by atoms with Crippen LogP contribution in [0.3, 0.4) is 0 Å². The molecule has 94 valence electrons. The highest BCUT2D eigenvalue weighted by atomic mass is 19.4. The zero-order valence-corrected chi connectivity index (χ0v) is 9.89. The van der Waals surface area contributed by atoms with Crippen molar-refractivity contribution < 1.29 is 12.9 Å². The van der Waals surface area contributed by atoms with Crippen molar-refractivity contribution in [1.29, 1.82) is 0 Å². The van der Waals surface area contributed by atoms with Crippen molar-refractivity contribution in [3.8, 4) is 0 Å². The van der Waals surface area contributed by atoms with E-state index in [9.17, 15) is 12.9 Å². The summed E-state index contributed by atoms with van der Waals surface area (Å²) in [6.07, 6.45) is 5.22. The minimum Gasteiger partial charge on any atom is -0.445 e. The molecule has 1 saturated heterocycles. The van der Waals surface area contributed by atoms with Gasteiger partial charge in [-0.2, -0.15) is 0 Å². The van der Waals surface area contributed by atoms with Gasteiger partial charge in [-0.15, -0.1) is 12.1 Å². The van der Waals surface area contributed by atoms with E-state index in [0.717, 1.165) is 38.6 Å².